The Labute approximate surface area is 169 Å². The zero-order valence-electron chi connectivity index (χ0n) is 17.1. The molecule has 1 aromatic heterocycles. The van der Waals surface area contributed by atoms with E-state index in [1.54, 1.807) is 27.7 Å². The molecule has 0 bridgehead atoms. The van der Waals surface area contributed by atoms with Crippen LogP contribution in [0.1, 0.15) is 33.4 Å². The molecule has 3 amide bonds. The topological polar surface area (TPSA) is 179 Å². The number of amides is 3. The second-order valence-corrected chi connectivity index (χ2v) is 7.40. The van der Waals surface area contributed by atoms with Gasteiger partial charge in [0.1, 0.15) is 18.1 Å². The van der Waals surface area contributed by atoms with Crippen molar-refractivity contribution in [3.63, 3.8) is 0 Å². The van der Waals surface area contributed by atoms with Gasteiger partial charge >= 0.3 is 5.97 Å². The molecule has 1 aromatic rings. The number of nitrogens with one attached hydrogen (secondary N) is 4. The Balaban J connectivity index is 2.88. The zero-order chi connectivity index (χ0) is 22.1. The van der Waals surface area contributed by atoms with Crippen LogP contribution in [0.15, 0.2) is 12.5 Å². The van der Waals surface area contributed by atoms with Crippen molar-refractivity contribution < 1.29 is 24.3 Å². The molecule has 0 saturated carbocycles. The lowest BCUT2D eigenvalue weighted by atomic mass is 9.99. The Kier molecular flexibility index (Phi) is 9.26. The molecule has 11 heteroatoms. The molecule has 11 nitrogen and oxygen atoms in total. The number of nitrogens with two attached hydrogens (primary N) is 1. The number of H-pyrrole nitrogens is 1. The lowest BCUT2D eigenvalue weighted by Gasteiger charge is -2.27. The van der Waals surface area contributed by atoms with Crippen molar-refractivity contribution in [3.05, 3.63) is 18.2 Å². The number of hydrogen-bond acceptors (Lipinski definition) is 6. The van der Waals surface area contributed by atoms with Gasteiger partial charge in [-0.2, -0.15) is 0 Å². The standard InChI is InChI=1S/C18H30N6O5/c1-9(2)14(23-13(25)6-19)17(27)24-15(10(3)4)16(26)22-12(18(28)29)5-11-7-20-8-21-11/h7-10,12,14-15H,5-6,19H2,1-4H3,(H,20,21)(H,22,26)(H,23,25)(H,24,27)(H,28,29). The van der Waals surface area contributed by atoms with E-state index < -0.39 is 41.8 Å². The van der Waals surface area contributed by atoms with Gasteiger partial charge in [0.15, 0.2) is 0 Å². The smallest absolute Gasteiger partial charge is 0.326 e. The summed E-state index contributed by atoms with van der Waals surface area (Å²) in [7, 11) is 0. The predicted octanol–water partition coefficient (Wildman–Crippen LogP) is -1.24. The van der Waals surface area contributed by atoms with Gasteiger partial charge in [0.25, 0.3) is 0 Å². The van der Waals surface area contributed by atoms with E-state index in [4.69, 9.17) is 5.73 Å². The maximum atomic E-state index is 12.7. The van der Waals surface area contributed by atoms with Gasteiger partial charge < -0.3 is 31.8 Å². The third kappa shape index (κ3) is 7.53. The normalized spacial score (nSPS) is 14.2. The Morgan fingerprint density at radius 2 is 1.59 bits per heavy atom. The number of hydrogen-bond donors (Lipinski definition) is 6. The molecule has 3 unspecified atom stereocenters. The van der Waals surface area contributed by atoms with E-state index in [0.717, 1.165) is 0 Å². The van der Waals surface area contributed by atoms with Crippen molar-refractivity contribution in [1.82, 2.24) is 25.9 Å². The van der Waals surface area contributed by atoms with E-state index in [2.05, 4.69) is 25.9 Å². The number of rotatable bonds is 11. The summed E-state index contributed by atoms with van der Waals surface area (Å²) in [4.78, 5) is 55.1. The fourth-order valence-corrected chi connectivity index (χ4v) is 2.62. The van der Waals surface area contributed by atoms with Crippen LogP contribution in [-0.2, 0) is 25.6 Å². The van der Waals surface area contributed by atoms with Crippen LogP contribution in [-0.4, -0.2) is 63.4 Å². The zero-order valence-corrected chi connectivity index (χ0v) is 17.1. The molecule has 162 valence electrons. The summed E-state index contributed by atoms with van der Waals surface area (Å²) >= 11 is 0. The van der Waals surface area contributed by atoms with Crippen LogP contribution in [0.4, 0.5) is 0 Å². The summed E-state index contributed by atoms with van der Waals surface area (Å²) in [5, 5.41) is 17.0. The Bertz CT molecular complexity index is 704. The highest BCUT2D eigenvalue weighted by Gasteiger charge is 2.32. The monoisotopic (exact) mass is 410 g/mol. The maximum Gasteiger partial charge on any atom is 0.326 e. The third-order valence-corrected chi connectivity index (χ3v) is 4.29. The Morgan fingerprint density at radius 1 is 1.03 bits per heavy atom. The Morgan fingerprint density at radius 3 is 2.03 bits per heavy atom. The first-order valence-corrected chi connectivity index (χ1v) is 9.37. The largest absolute Gasteiger partial charge is 0.480 e. The highest BCUT2D eigenvalue weighted by atomic mass is 16.4. The van der Waals surface area contributed by atoms with Gasteiger partial charge in [-0.05, 0) is 11.8 Å². The van der Waals surface area contributed by atoms with Gasteiger partial charge in [0.05, 0.1) is 12.9 Å². The lowest BCUT2D eigenvalue weighted by molar-refractivity contribution is -0.142. The van der Waals surface area contributed by atoms with Crippen molar-refractivity contribution in [3.8, 4) is 0 Å². The molecule has 0 aliphatic rings. The number of carboxylic acid groups (broad SMARTS) is 1. The van der Waals surface area contributed by atoms with Crippen LogP contribution in [0.25, 0.3) is 0 Å². The molecule has 0 spiro atoms. The molecule has 0 aromatic carbocycles. The van der Waals surface area contributed by atoms with Crippen molar-refractivity contribution in [1.29, 1.82) is 0 Å². The molecule has 7 N–H and O–H groups in total. The summed E-state index contributed by atoms with van der Waals surface area (Å²) in [6, 6.07) is -3.05. The fourth-order valence-electron chi connectivity index (χ4n) is 2.62. The van der Waals surface area contributed by atoms with Crippen LogP contribution in [0.3, 0.4) is 0 Å². The molecule has 0 saturated heterocycles. The molecule has 0 aliphatic carbocycles. The van der Waals surface area contributed by atoms with Crippen LogP contribution in [0.5, 0.6) is 0 Å². The highest BCUT2D eigenvalue weighted by molar-refractivity contribution is 5.93. The average Bonchev–Trinajstić information content (AvgIpc) is 3.15. The molecule has 0 fully saturated rings. The van der Waals surface area contributed by atoms with Crippen LogP contribution >= 0.6 is 0 Å². The van der Waals surface area contributed by atoms with E-state index in [1.807, 2.05) is 0 Å². The summed E-state index contributed by atoms with van der Waals surface area (Å²) in [6.45, 7) is 6.67. The number of aromatic nitrogens is 2. The van der Waals surface area contributed by atoms with Crippen molar-refractivity contribution >= 4 is 23.7 Å². The first-order valence-electron chi connectivity index (χ1n) is 9.37. The number of carbonyl (C=O) groups excluding carboxylic acids is 3. The van der Waals surface area contributed by atoms with Gasteiger partial charge in [-0.1, -0.05) is 27.7 Å². The lowest BCUT2D eigenvalue weighted by Crippen LogP contribution is -2.59. The minimum Gasteiger partial charge on any atom is -0.480 e. The summed E-state index contributed by atoms with van der Waals surface area (Å²) < 4.78 is 0. The average molecular weight is 410 g/mol. The second kappa shape index (κ2) is 11.1. The number of imidazole rings is 1. The van der Waals surface area contributed by atoms with Crippen LogP contribution in [0, 0.1) is 11.8 Å². The maximum absolute atomic E-state index is 12.7. The number of nitrogens with zero attached hydrogens (tertiary/aromatic N) is 1. The van der Waals surface area contributed by atoms with Gasteiger partial charge in [-0.3, -0.25) is 14.4 Å². The molecular formula is C18H30N6O5. The van der Waals surface area contributed by atoms with E-state index in [1.165, 1.54) is 12.5 Å². The number of carbonyl (C=O) groups is 4. The third-order valence-electron chi connectivity index (χ3n) is 4.29. The molecular weight excluding hydrogens is 380 g/mol. The fraction of sp³-hybridized carbons (Fsp3) is 0.611. The van der Waals surface area contributed by atoms with Crippen molar-refractivity contribution in [2.24, 2.45) is 17.6 Å². The minimum atomic E-state index is -1.21. The first-order chi connectivity index (χ1) is 13.6. The first kappa shape index (κ1) is 24.1. The molecule has 0 radical (unpaired) electrons. The number of aliphatic carboxylic acids is 1. The second-order valence-electron chi connectivity index (χ2n) is 7.40. The number of aromatic amines is 1. The van der Waals surface area contributed by atoms with E-state index >= 15 is 0 Å². The molecule has 0 aliphatic heterocycles. The molecule has 1 heterocycles. The van der Waals surface area contributed by atoms with E-state index in [0.29, 0.717) is 5.69 Å². The van der Waals surface area contributed by atoms with E-state index in [9.17, 15) is 24.3 Å². The van der Waals surface area contributed by atoms with Crippen molar-refractivity contribution in [2.45, 2.75) is 52.2 Å². The van der Waals surface area contributed by atoms with Gasteiger partial charge in [-0.25, -0.2) is 9.78 Å². The number of carboxylic acids is 1. The molecule has 3 atom stereocenters. The summed E-state index contributed by atoms with van der Waals surface area (Å²) in [5.41, 5.74) is 5.83. The van der Waals surface area contributed by atoms with Gasteiger partial charge in [0.2, 0.25) is 17.7 Å². The van der Waals surface area contributed by atoms with Gasteiger partial charge in [-0.15, -0.1) is 0 Å². The summed E-state index contributed by atoms with van der Waals surface area (Å²) in [5.74, 6) is -3.44. The van der Waals surface area contributed by atoms with Crippen LogP contribution in [0.2, 0.25) is 0 Å². The highest BCUT2D eigenvalue weighted by Crippen LogP contribution is 2.08. The van der Waals surface area contributed by atoms with E-state index in [-0.39, 0.29) is 24.8 Å². The predicted molar refractivity (Wildman–Crippen MR) is 104 cm³/mol. The molecule has 29 heavy (non-hydrogen) atoms. The quantitative estimate of drug-likeness (QED) is 0.264. The minimum absolute atomic E-state index is 0.0149. The molecule has 1 rings (SSSR count). The van der Waals surface area contributed by atoms with Gasteiger partial charge in [0, 0.05) is 18.3 Å². The SMILES string of the molecule is CC(C)C(NC(=O)CN)C(=O)NC(C(=O)NC(Cc1cnc[nH]1)C(=O)O)C(C)C. The van der Waals surface area contributed by atoms with Crippen molar-refractivity contribution in [2.75, 3.05) is 6.54 Å². The van der Waals surface area contributed by atoms with Crippen LogP contribution < -0.4 is 21.7 Å². The Hall–Kier alpha value is -2.95. The summed E-state index contributed by atoms with van der Waals surface area (Å²) in [6.07, 6.45) is 2.90.